The highest BCUT2D eigenvalue weighted by atomic mass is 35.5. The summed E-state index contributed by atoms with van der Waals surface area (Å²) in [5.41, 5.74) is 9.79. The van der Waals surface area contributed by atoms with Crippen molar-refractivity contribution >= 4 is 24.0 Å². The summed E-state index contributed by atoms with van der Waals surface area (Å²) in [6, 6.07) is 13.8. The minimum atomic E-state index is 0. The number of halogens is 1. The average molecular weight is 349 g/mol. The molecule has 5 heteroatoms. The van der Waals surface area contributed by atoms with Crippen LogP contribution in [0.2, 0.25) is 0 Å². The van der Waals surface area contributed by atoms with Crippen LogP contribution in [0.25, 0.3) is 0 Å². The van der Waals surface area contributed by atoms with Gasteiger partial charge in [0.25, 0.3) is 0 Å². The van der Waals surface area contributed by atoms with Crippen LogP contribution in [0, 0.1) is 13.8 Å². The van der Waals surface area contributed by atoms with Crippen LogP contribution in [0.4, 0.5) is 5.69 Å². The van der Waals surface area contributed by atoms with Crippen LogP contribution in [0.15, 0.2) is 42.5 Å². The molecule has 4 nitrogen and oxygen atoms in total. The number of hydrogen-bond donors (Lipinski definition) is 2. The largest absolute Gasteiger partial charge is 0.493 e. The van der Waals surface area contributed by atoms with Gasteiger partial charge >= 0.3 is 0 Å². The Morgan fingerprint density at radius 2 is 1.83 bits per heavy atom. The Bertz CT molecular complexity index is 657. The van der Waals surface area contributed by atoms with Crippen molar-refractivity contribution in [2.45, 2.75) is 26.7 Å². The summed E-state index contributed by atoms with van der Waals surface area (Å²) in [5, 5.41) is 2.91. The van der Waals surface area contributed by atoms with E-state index in [0.29, 0.717) is 19.6 Å². The summed E-state index contributed by atoms with van der Waals surface area (Å²) in [6.45, 7) is 5.03. The molecule has 3 N–H and O–H groups in total. The van der Waals surface area contributed by atoms with Crippen LogP contribution in [0.3, 0.4) is 0 Å². The third-order valence-electron chi connectivity index (χ3n) is 3.65. The van der Waals surface area contributed by atoms with E-state index in [2.05, 4.69) is 5.32 Å². The summed E-state index contributed by atoms with van der Waals surface area (Å²) in [7, 11) is 0. The first-order chi connectivity index (χ1) is 11.0. The number of rotatable bonds is 7. The van der Waals surface area contributed by atoms with Gasteiger partial charge in [-0.1, -0.05) is 24.3 Å². The molecule has 0 saturated heterocycles. The van der Waals surface area contributed by atoms with Crippen LogP contribution in [-0.2, 0) is 11.2 Å². The molecule has 0 aromatic heterocycles. The Kier molecular flexibility index (Phi) is 8.13. The number of carbonyl (C=O) groups is 1. The van der Waals surface area contributed by atoms with Gasteiger partial charge in [-0.3, -0.25) is 4.79 Å². The van der Waals surface area contributed by atoms with E-state index in [9.17, 15) is 4.79 Å². The summed E-state index contributed by atoms with van der Waals surface area (Å²) >= 11 is 0. The number of benzene rings is 2. The lowest BCUT2D eigenvalue weighted by atomic mass is 10.1. The highest BCUT2D eigenvalue weighted by molar-refractivity contribution is 5.85. The maximum Gasteiger partial charge on any atom is 0.223 e. The number of anilines is 1. The van der Waals surface area contributed by atoms with Gasteiger partial charge in [0.2, 0.25) is 5.91 Å². The van der Waals surface area contributed by atoms with E-state index in [1.165, 1.54) is 0 Å². The molecule has 1 amide bonds. The van der Waals surface area contributed by atoms with Crippen molar-refractivity contribution < 1.29 is 9.53 Å². The van der Waals surface area contributed by atoms with Gasteiger partial charge < -0.3 is 15.8 Å². The Hall–Kier alpha value is -2.20. The Morgan fingerprint density at radius 1 is 1.12 bits per heavy atom. The second-order valence-electron chi connectivity index (χ2n) is 5.71. The lowest BCUT2D eigenvalue weighted by molar-refractivity contribution is -0.121. The van der Waals surface area contributed by atoms with Gasteiger partial charge in [0, 0.05) is 12.2 Å². The Morgan fingerprint density at radius 3 is 2.54 bits per heavy atom. The number of ether oxygens (including phenoxy) is 1. The molecule has 0 saturated carbocycles. The molecule has 24 heavy (non-hydrogen) atoms. The quantitative estimate of drug-likeness (QED) is 0.753. The number of amides is 1. The first-order valence-corrected chi connectivity index (χ1v) is 7.86. The molecule has 2 rings (SSSR count). The maximum absolute atomic E-state index is 11.8. The van der Waals surface area contributed by atoms with Crippen molar-refractivity contribution in [3.63, 3.8) is 0 Å². The minimum absolute atomic E-state index is 0. The molecular formula is C19H25ClN2O2. The molecular weight excluding hydrogens is 324 g/mol. The van der Waals surface area contributed by atoms with E-state index >= 15 is 0 Å². The van der Waals surface area contributed by atoms with Gasteiger partial charge in [-0.25, -0.2) is 0 Å². The van der Waals surface area contributed by atoms with E-state index in [1.807, 2.05) is 56.3 Å². The molecule has 0 fully saturated rings. The minimum Gasteiger partial charge on any atom is -0.493 e. The zero-order chi connectivity index (χ0) is 16.7. The van der Waals surface area contributed by atoms with Gasteiger partial charge in [-0.15, -0.1) is 12.4 Å². The van der Waals surface area contributed by atoms with E-state index in [0.717, 1.165) is 34.5 Å². The van der Waals surface area contributed by atoms with Crippen molar-refractivity contribution in [1.29, 1.82) is 0 Å². The molecule has 0 bridgehead atoms. The van der Waals surface area contributed by atoms with Crippen LogP contribution in [0.1, 0.15) is 23.1 Å². The van der Waals surface area contributed by atoms with Crippen LogP contribution < -0.4 is 15.8 Å². The topological polar surface area (TPSA) is 64.3 Å². The van der Waals surface area contributed by atoms with Crippen LogP contribution >= 0.6 is 12.4 Å². The lowest BCUT2D eigenvalue weighted by Gasteiger charge is -2.10. The highest BCUT2D eigenvalue weighted by Gasteiger charge is 2.04. The van der Waals surface area contributed by atoms with Crippen molar-refractivity contribution in [3.8, 4) is 5.75 Å². The third kappa shape index (κ3) is 6.50. The summed E-state index contributed by atoms with van der Waals surface area (Å²) in [5.74, 6) is 0.852. The van der Waals surface area contributed by atoms with Gasteiger partial charge in [0.15, 0.2) is 0 Å². The number of nitrogens with two attached hydrogens (primary N) is 1. The van der Waals surface area contributed by atoms with E-state index < -0.39 is 0 Å². The number of carbonyl (C=O) groups excluding carboxylic acids is 1. The van der Waals surface area contributed by atoms with Gasteiger partial charge in [0.1, 0.15) is 5.75 Å². The molecule has 2 aromatic carbocycles. The molecule has 2 aromatic rings. The molecule has 0 spiro atoms. The summed E-state index contributed by atoms with van der Waals surface area (Å²) in [4.78, 5) is 11.8. The summed E-state index contributed by atoms with van der Waals surface area (Å²) < 4.78 is 5.69. The molecule has 0 atom stereocenters. The normalized spacial score (nSPS) is 9.92. The predicted molar refractivity (Wildman–Crippen MR) is 101 cm³/mol. The van der Waals surface area contributed by atoms with Crippen molar-refractivity contribution in [2.24, 2.45) is 0 Å². The smallest absolute Gasteiger partial charge is 0.223 e. The first kappa shape index (κ1) is 19.8. The van der Waals surface area contributed by atoms with Gasteiger partial charge in [-0.2, -0.15) is 0 Å². The average Bonchev–Trinajstić information content (AvgIpc) is 2.53. The fourth-order valence-corrected chi connectivity index (χ4v) is 2.24. The Labute approximate surface area is 149 Å². The SMILES string of the molecule is Cc1ccc(C)c(OCCC(=O)NCCc2ccc(N)cc2)c1.Cl. The molecule has 0 aliphatic heterocycles. The summed E-state index contributed by atoms with van der Waals surface area (Å²) in [6.07, 6.45) is 1.15. The van der Waals surface area contributed by atoms with E-state index in [4.69, 9.17) is 10.5 Å². The zero-order valence-corrected chi connectivity index (χ0v) is 15.0. The number of aryl methyl sites for hydroxylation is 2. The van der Waals surface area contributed by atoms with Crippen LogP contribution in [0.5, 0.6) is 5.75 Å². The fourth-order valence-electron chi connectivity index (χ4n) is 2.24. The number of nitrogen functional groups attached to an aromatic ring is 1. The van der Waals surface area contributed by atoms with Crippen molar-refractivity contribution in [1.82, 2.24) is 5.32 Å². The number of nitrogens with one attached hydrogen (secondary N) is 1. The predicted octanol–water partition coefficient (Wildman–Crippen LogP) is 3.44. The van der Waals surface area contributed by atoms with Crippen molar-refractivity contribution in [2.75, 3.05) is 18.9 Å². The van der Waals surface area contributed by atoms with E-state index in [-0.39, 0.29) is 18.3 Å². The van der Waals surface area contributed by atoms with Crippen molar-refractivity contribution in [3.05, 3.63) is 59.2 Å². The van der Waals surface area contributed by atoms with Crippen LogP contribution in [-0.4, -0.2) is 19.1 Å². The highest BCUT2D eigenvalue weighted by Crippen LogP contribution is 2.19. The zero-order valence-electron chi connectivity index (χ0n) is 14.2. The standard InChI is InChI=1S/C19H24N2O2.ClH/c1-14-3-4-15(2)18(13-14)23-12-10-19(22)21-11-9-16-5-7-17(20)8-6-16;/h3-8,13H,9-12,20H2,1-2H3,(H,21,22);1H. The fraction of sp³-hybridized carbons (Fsp3) is 0.316. The Balaban J connectivity index is 0.00000288. The molecule has 0 heterocycles. The molecule has 130 valence electrons. The second-order valence-corrected chi connectivity index (χ2v) is 5.71. The second kappa shape index (κ2) is 9.83. The molecule has 0 aliphatic rings. The van der Waals surface area contributed by atoms with E-state index in [1.54, 1.807) is 0 Å². The number of hydrogen-bond acceptors (Lipinski definition) is 3. The molecule has 0 unspecified atom stereocenters. The lowest BCUT2D eigenvalue weighted by Crippen LogP contribution is -2.27. The monoisotopic (exact) mass is 348 g/mol. The first-order valence-electron chi connectivity index (χ1n) is 7.86. The maximum atomic E-state index is 11.8. The van der Waals surface area contributed by atoms with Gasteiger partial charge in [0.05, 0.1) is 13.0 Å². The molecule has 0 aliphatic carbocycles. The third-order valence-corrected chi connectivity index (χ3v) is 3.65. The molecule has 0 radical (unpaired) electrons. The van der Waals surface area contributed by atoms with Gasteiger partial charge in [-0.05, 0) is 55.2 Å².